The van der Waals surface area contributed by atoms with Gasteiger partial charge in [-0.2, -0.15) is 0 Å². The molecule has 0 bridgehead atoms. The number of benzene rings is 1. The maximum atomic E-state index is 5.85. The van der Waals surface area contributed by atoms with Crippen LogP contribution in [-0.4, -0.2) is 19.6 Å². The number of hydrogen-bond donors (Lipinski definition) is 1. The van der Waals surface area contributed by atoms with Crippen molar-refractivity contribution < 1.29 is 0 Å². The molecule has 0 aliphatic carbocycles. The third kappa shape index (κ3) is 4.69. The second kappa shape index (κ2) is 5.75. The molecular weight excluding hydrogens is 220 g/mol. The Morgan fingerprint density at radius 2 is 1.89 bits per heavy atom. The molecule has 0 aliphatic heterocycles. The molecule has 1 aromatic rings. The smallest absolute Gasteiger partial charge is 0.0393 e. The molecule has 0 aromatic heterocycles. The quantitative estimate of drug-likeness (QED) is 0.885. The van der Waals surface area contributed by atoms with Crippen molar-refractivity contribution >= 4 is 5.69 Å². The van der Waals surface area contributed by atoms with E-state index < -0.39 is 0 Å². The highest BCUT2D eigenvalue weighted by Crippen LogP contribution is 2.24. The number of nitrogens with two attached hydrogens (primary N) is 1. The maximum Gasteiger partial charge on any atom is 0.0393 e. The molecule has 0 aliphatic rings. The lowest BCUT2D eigenvalue weighted by molar-refractivity contribution is 0.419. The molecule has 1 atom stereocenters. The summed E-state index contributed by atoms with van der Waals surface area (Å²) in [6.45, 7) is 12.1. The first-order chi connectivity index (χ1) is 8.19. The zero-order chi connectivity index (χ0) is 13.9. The van der Waals surface area contributed by atoms with Gasteiger partial charge in [0.15, 0.2) is 0 Å². The average Bonchev–Trinajstić information content (AvgIpc) is 2.13. The molecule has 102 valence electrons. The highest BCUT2D eigenvalue weighted by molar-refractivity contribution is 5.54. The minimum atomic E-state index is 0.225. The maximum absolute atomic E-state index is 5.85. The van der Waals surface area contributed by atoms with Gasteiger partial charge in [-0.1, -0.05) is 32.9 Å². The minimum Gasteiger partial charge on any atom is -0.374 e. The Hall–Kier alpha value is -1.02. The highest BCUT2D eigenvalue weighted by Gasteiger charge is 2.15. The molecule has 0 fully saturated rings. The predicted octanol–water partition coefficient (Wildman–Crippen LogP) is 3.37. The van der Waals surface area contributed by atoms with Crippen LogP contribution in [0.2, 0.25) is 0 Å². The van der Waals surface area contributed by atoms with Crippen molar-refractivity contribution in [1.82, 2.24) is 0 Å². The SMILES string of the molecule is Cc1cc(CC(C)N)ccc1N(C)CC(C)(C)C. The highest BCUT2D eigenvalue weighted by atomic mass is 15.1. The van der Waals surface area contributed by atoms with Gasteiger partial charge in [0, 0.05) is 25.3 Å². The Bertz CT molecular complexity index is 389. The van der Waals surface area contributed by atoms with Crippen LogP contribution in [0.3, 0.4) is 0 Å². The Balaban J connectivity index is 2.85. The van der Waals surface area contributed by atoms with E-state index in [0.717, 1.165) is 13.0 Å². The van der Waals surface area contributed by atoms with E-state index in [2.05, 4.69) is 64.8 Å². The number of hydrogen-bond acceptors (Lipinski definition) is 2. The first-order valence-electron chi connectivity index (χ1n) is 6.75. The van der Waals surface area contributed by atoms with Crippen molar-refractivity contribution in [3.63, 3.8) is 0 Å². The summed E-state index contributed by atoms with van der Waals surface area (Å²) in [7, 11) is 2.17. The van der Waals surface area contributed by atoms with Gasteiger partial charge in [-0.15, -0.1) is 0 Å². The molecule has 1 unspecified atom stereocenters. The van der Waals surface area contributed by atoms with Crippen LogP contribution in [0.1, 0.15) is 38.8 Å². The lowest BCUT2D eigenvalue weighted by atomic mass is 9.95. The summed E-state index contributed by atoms with van der Waals surface area (Å²) in [6, 6.07) is 6.91. The van der Waals surface area contributed by atoms with Gasteiger partial charge in [0.05, 0.1) is 0 Å². The number of rotatable bonds is 4. The largest absolute Gasteiger partial charge is 0.374 e. The molecule has 2 nitrogen and oxygen atoms in total. The van der Waals surface area contributed by atoms with Crippen molar-refractivity contribution in [3.05, 3.63) is 29.3 Å². The van der Waals surface area contributed by atoms with Crippen molar-refractivity contribution in [2.45, 2.75) is 47.1 Å². The lowest BCUT2D eigenvalue weighted by Gasteiger charge is -2.29. The summed E-state index contributed by atoms with van der Waals surface area (Å²) in [5.74, 6) is 0. The molecule has 1 aromatic carbocycles. The van der Waals surface area contributed by atoms with Crippen molar-refractivity contribution in [2.75, 3.05) is 18.5 Å². The average molecular weight is 248 g/mol. The fraction of sp³-hybridized carbons (Fsp3) is 0.625. The summed E-state index contributed by atoms with van der Waals surface area (Å²) in [6.07, 6.45) is 0.949. The summed E-state index contributed by atoms with van der Waals surface area (Å²) < 4.78 is 0. The van der Waals surface area contributed by atoms with Gasteiger partial charge >= 0.3 is 0 Å². The van der Waals surface area contributed by atoms with E-state index in [4.69, 9.17) is 5.73 Å². The van der Waals surface area contributed by atoms with E-state index >= 15 is 0 Å². The molecule has 18 heavy (non-hydrogen) atoms. The van der Waals surface area contributed by atoms with E-state index in [1.165, 1.54) is 16.8 Å². The molecule has 0 radical (unpaired) electrons. The van der Waals surface area contributed by atoms with E-state index in [0.29, 0.717) is 5.41 Å². The third-order valence-corrected chi connectivity index (χ3v) is 2.94. The van der Waals surface area contributed by atoms with E-state index in [1.807, 2.05) is 0 Å². The van der Waals surface area contributed by atoms with E-state index in [1.54, 1.807) is 0 Å². The van der Waals surface area contributed by atoms with Crippen molar-refractivity contribution in [2.24, 2.45) is 11.1 Å². The Labute approximate surface area is 112 Å². The summed E-state index contributed by atoms with van der Waals surface area (Å²) in [5.41, 5.74) is 10.1. The van der Waals surface area contributed by atoms with E-state index in [9.17, 15) is 0 Å². The van der Waals surface area contributed by atoms with Crippen LogP contribution in [0, 0.1) is 12.3 Å². The molecule has 0 amide bonds. The van der Waals surface area contributed by atoms with Crippen LogP contribution in [0.4, 0.5) is 5.69 Å². The van der Waals surface area contributed by atoms with Gasteiger partial charge in [-0.25, -0.2) is 0 Å². The molecule has 2 N–H and O–H groups in total. The Morgan fingerprint density at radius 3 is 2.33 bits per heavy atom. The predicted molar refractivity (Wildman–Crippen MR) is 81.3 cm³/mol. The zero-order valence-electron chi connectivity index (χ0n) is 12.7. The first-order valence-corrected chi connectivity index (χ1v) is 6.75. The molecular formula is C16H28N2. The van der Waals surface area contributed by atoms with Gasteiger partial charge < -0.3 is 10.6 Å². The van der Waals surface area contributed by atoms with Crippen LogP contribution in [0.25, 0.3) is 0 Å². The standard InChI is InChI=1S/C16H28N2/c1-12-9-14(10-13(2)17)7-8-15(12)18(6)11-16(3,4)5/h7-9,13H,10-11,17H2,1-6H3. The molecule has 2 heteroatoms. The van der Waals surface area contributed by atoms with Crippen LogP contribution < -0.4 is 10.6 Å². The lowest BCUT2D eigenvalue weighted by Crippen LogP contribution is -2.29. The van der Waals surface area contributed by atoms with Gasteiger partial charge in [0.2, 0.25) is 0 Å². The fourth-order valence-electron chi connectivity index (χ4n) is 2.44. The van der Waals surface area contributed by atoms with Crippen LogP contribution in [0.5, 0.6) is 0 Å². The number of aryl methyl sites for hydroxylation is 1. The molecule has 0 heterocycles. The molecule has 1 rings (SSSR count). The Morgan fingerprint density at radius 1 is 1.28 bits per heavy atom. The van der Waals surface area contributed by atoms with Crippen LogP contribution >= 0.6 is 0 Å². The van der Waals surface area contributed by atoms with Crippen molar-refractivity contribution in [3.8, 4) is 0 Å². The molecule has 0 saturated heterocycles. The van der Waals surface area contributed by atoms with Crippen LogP contribution in [-0.2, 0) is 6.42 Å². The first kappa shape index (κ1) is 15.0. The normalized spacial score (nSPS) is 13.5. The van der Waals surface area contributed by atoms with Gasteiger partial charge in [-0.05, 0) is 42.9 Å². The second-order valence-corrected chi connectivity index (χ2v) is 6.72. The summed E-state index contributed by atoms with van der Waals surface area (Å²) >= 11 is 0. The monoisotopic (exact) mass is 248 g/mol. The Kier molecular flexibility index (Phi) is 4.80. The van der Waals surface area contributed by atoms with Crippen LogP contribution in [0.15, 0.2) is 18.2 Å². The molecule has 0 saturated carbocycles. The topological polar surface area (TPSA) is 29.3 Å². The fourth-order valence-corrected chi connectivity index (χ4v) is 2.44. The zero-order valence-corrected chi connectivity index (χ0v) is 12.7. The van der Waals surface area contributed by atoms with Gasteiger partial charge in [-0.3, -0.25) is 0 Å². The van der Waals surface area contributed by atoms with E-state index in [-0.39, 0.29) is 6.04 Å². The summed E-state index contributed by atoms with van der Waals surface area (Å²) in [4.78, 5) is 2.34. The second-order valence-electron chi connectivity index (χ2n) is 6.72. The number of anilines is 1. The van der Waals surface area contributed by atoms with Crippen molar-refractivity contribution in [1.29, 1.82) is 0 Å². The number of nitrogens with zero attached hydrogens (tertiary/aromatic N) is 1. The summed E-state index contributed by atoms with van der Waals surface area (Å²) in [5, 5.41) is 0. The van der Waals surface area contributed by atoms with Gasteiger partial charge in [0.1, 0.15) is 0 Å². The minimum absolute atomic E-state index is 0.225. The van der Waals surface area contributed by atoms with Gasteiger partial charge in [0.25, 0.3) is 0 Å². The third-order valence-electron chi connectivity index (χ3n) is 2.94. The molecule has 0 spiro atoms.